The minimum Gasteiger partial charge on any atom is -0.399 e. The molecule has 0 spiro atoms. The Morgan fingerprint density at radius 3 is 2.60 bits per heavy atom. The van der Waals surface area contributed by atoms with E-state index in [0.29, 0.717) is 6.04 Å². The van der Waals surface area contributed by atoms with Gasteiger partial charge in [-0.1, -0.05) is 0 Å². The third-order valence-electron chi connectivity index (χ3n) is 2.55. The Balaban J connectivity index is 2.04. The Morgan fingerprint density at radius 2 is 1.93 bits per heavy atom. The second kappa shape index (κ2) is 3.05. The molecule has 1 aromatic heterocycles. The van der Waals surface area contributed by atoms with E-state index in [9.17, 15) is 0 Å². The Bertz CT molecular complexity index is 469. The van der Waals surface area contributed by atoms with Gasteiger partial charge in [0.25, 0.3) is 0 Å². The second-order valence-corrected chi connectivity index (χ2v) is 3.80. The molecule has 5 nitrogen and oxygen atoms in total. The van der Waals surface area contributed by atoms with E-state index >= 15 is 0 Å². The fourth-order valence-corrected chi connectivity index (χ4v) is 1.58. The van der Waals surface area contributed by atoms with Crippen LogP contribution in [0.3, 0.4) is 0 Å². The van der Waals surface area contributed by atoms with Crippen LogP contribution < -0.4 is 5.73 Å². The van der Waals surface area contributed by atoms with E-state index in [-0.39, 0.29) is 0 Å². The molecule has 2 N–H and O–H groups in total. The number of nitrogens with two attached hydrogens (primary N) is 1. The van der Waals surface area contributed by atoms with Gasteiger partial charge in [0.1, 0.15) is 0 Å². The highest BCUT2D eigenvalue weighted by Gasteiger charge is 2.28. The SMILES string of the molecule is Nc1ccc(-c2nnnn2C2CC2)cc1. The number of rotatable bonds is 2. The van der Waals surface area contributed by atoms with Gasteiger partial charge in [-0.15, -0.1) is 5.10 Å². The molecule has 1 heterocycles. The van der Waals surface area contributed by atoms with E-state index in [1.54, 1.807) is 0 Å². The maximum absolute atomic E-state index is 5.63. The van der Waals surface area contributed by atoms with Gasteiger partial charge < -0.3 is 5.73 Å². The largest absolute Gasteiger partial charge is 0.399 e. The molecule has 15 heavy (non-hydrogen) atoms. The quantitative estimate of drug-likeness (QED) is 0.742. The Kier molecular flexibility index (Phi) is 1.71. The molecule has 0 aliphatic heterocycles. The summed E-state index contributed by atoms with van der Waals surface area (Å²) in [5.41, 5.74) is 7.40. The molecule has 0 saturated heterocycles. The molecular weight excluding hydrogens is 190 g/mol. The number of tetrazole rings is 1. The van der Waals surface area contributed by atoms with E-state index in [1.165, 1.54) is 12.8 Å². The number of anilines is 1. The van der Waals surface area contributed by atoms with Crippen molar-refractivity contribution in [2.45, 2.75) is 18.9 Å². The smallest absolute Gasteiger partial charge is 0.182 e. The molecule has 1 aliphatic rings. The Hall–Kier alpha value is -1.91. The fourth-order valence-electron chi connectivity index (χ4n) is 1.58. The zero-order chi connectivity index (χ0) is 10.3. The minimum atomic E-state index is 0.493. The molecule has 1 fully saturated rings. The van der Waals surface area contributed by atoms with E-state index in [4.69, 9.17) is 5.73 Å². The molecule has 1 aromatic carbocycles. The number of aromatic nitrogens is 4. The van der Waals surface area contributed by atoms with Crippen LogP contribution in [0.15, 0.2) is 24.3 Å². The predicted octanol–water partition coefficient (Wildman–Crippen LogP) is 1.26. The third-order valence-corrected chi connectivity index (χ3v) is 2.55. The van der Waals surface area contributed by atoms with Crippen LogP contribution in [0.5, 0.6) is 0 Å². The van der Waals surface area contributed by atoms with Crippen LogP contribution >= 0.6 is 0 Å². The van der Waals surface area contributed by atoms with Gasteiger partial charge in [0, 0.05) is 11.3 Å². The molecule has 0 amide bonds. The summed E-state index contributed by atoms with van der Waals surface area (Å²) in [6.45, 7) is 0. The van der Waals surface area contributed by atoms with Gasteiger partial charge in [-0.05, 0) is 47.5 Å². The highest BCUT2D eigenvalue weighted by Crippen LogP contribution is 2.36. The van der Waals surface area contributed by atoms with Gasteiger partial charge >= 0.3 is 0 Å². The molecule has 1 saturated carbocycles. The van der Waals surface area contributed by atoms with Crippen LogP contribution in [0, 0.1) is 0 Å². The molecule has 76 valence electrons. The molecule has 3 rings (SSSR count). The number of benzene rings is 1. The first-order valence-electron chi connectivity index (χ1n) is 4.98. The van der Waals surface area contributed by atoms with Crippen LogP contribution in [0.25, 0.3) is 11.4 Å². The third kappa shape index (κ3) is 1.45. The standard InChI is InChI=1S/C10H11N5/c11-8-3-1-7(2-4-8)10-12-13-14-15(10)9-5-6-9/h1-4,9H,5-6,11H2. The summed E-state index contributed by atoms with van der Waals surface area (Å²) in [6, 6.07) is 8.11. The van der Waals surface area contributed by atoms with Crippen molar-refractivity contribution in [1.82, 2.24) is 20.2 Å². The Labute approximate surface area is 86.9 Å². The zero-order valence-corrected chi connectivity index (χ0v) is 8.17. The maximum Gasteiger partial charge on any atom is 0.182 e. The maximum atomic E-state index is 5.63. The summed E-state index contributed by atoms with van der Waals surface area (Å²) in [5, 5.41) is 11.8. The molecule has 1 aliphatic carbocycles. The van der Waals surface area contributed by atoms with Crippen molar-refractivity contribution >= 4 is 5.69 Å². The first kappa shape index (κ1) is 8.40. The van der Waals surface area contributed by atoms with Crippen LogP contribution in [-0.4, -0.2) is 20.2 Å². The van der Waals surface area contributed by atoms with Crippen molar-refractivity contribution in [2.75, 3.05) is 5.73 Å². The summed E-state index contributed by atoms with van der Waals surface area (Å²) in [6.07, 6.45) is 2.35. The molecule has 0 atom stereocenters. The topological polar surface area (TPSA) is 69.6 Å². The predicted molar refractivity (Wildman–Crippen MR) is 55.9 cm³/mol. The highest BCUT2D eigenvalue weighted by molar-refractivity contribution is 5.58. The van der Waals surface area contributed by atoms with Crippen LogP contribution in [0.2, 0.25) is 0 Å². The first-order valence-corrected chi connectivity index (χ1v) is 4.98. The van der Waals surface area contributed by atoms with E-state index in [2.05, 4.69) is 15.5 Å². The zero-order valence-electron chi connectivity index (χ0n) is 8.17. The lowest BCUT2D eigenvalue weighted by Crippen LogP contribution is -1.99. The minimum absolute atomic E-state index is 0.493. The molecular formula is C10H11N5. The van der Waals surface area contributed by atoms with Gasteiger partial charge in [-0.3, -0.25) is 0 Å². The average Bonchev–Trinajstić information content (AvgIpc) is 2.98. The lowest BCUT2D eigenvalue weighted by atomic mass is 10.2. The summed E-state index contributed by atoms with van der Waals surface area (Å²) in [5.74, 6) is 0.831. The molecule has 0 bridgehead atoms. The highest BCUT2D eigenvalue weighted by atomic mass is 15.6. The molecule has 0 unspecified atom stereocenters. The van der Waals surface area contributed by atoms with E-state index in [1.807, 2.05) is 28.9 Å². The van der Waals surface area contributed by atoms with Gasteiger partial charge in [-0.25, -0.2) is 4.68 Å². The van der Waals surface area contributed by atoms with Crippen molar-refractivity contribution in [3.63, 3.8) is 0 Å². The van der Waals surface area contributed by atoms with Gasteiger partial charge in [0.05, 0.1) is 6.04 Å². The normalized spacial score (nSPS) is 15.5. The summed E-state index contributed by atoms with van der Waals surface area (Å²) >= 11 is 0. The van der Waals surface area contributed by atoms with Gasteiger partial charge in [0.2, 0.25) is 0 Å². The number of nitrogens with zero attached hydrogens (tertiary/aromatic N) is 4. The number of hydrogen-bond donors (Lipinski definition) is 1. The van der Waals surface area contributed by atoms with E-state index < -0.39 is 0 Å². The summed E-state index contributed by atoms with van der Waals surface area (Å²) in [7, 11) is 0. The van der Waals surface area contributed by atoms with Crippen molar-refractivity contribution in [3.05, 3.63) is 24.3 Å². The summed E-state index contributed by atoms with van der Waals surface area (Å²) in [4.78, 5) is 0. The van der Waals surface area contributed by atoms with Crippen LogP contribution in [0.4, 0.5) is 5.69 Å². The molecule has 5 heteroatoms. The number of hydrogen-bond acceptors (Lipinski definition) is 4. The lowest BCUT2D eigenvalue weighted by Gasteiger charge is -2.02. The molecule has 2 aromatic rings. The van der Waals surface area contributed by atoms with Crippen molar-refractivity contribution < 1.29 is 0 Å². The Morgan fingerprint density at radius 1 is 1.20 bits per heavy atom. The summed E-state index contributed by atoms with van der Waals surface area (Å²) < 4.78 is 1.89. The van der Waals surface area contributed by atoms with Gasteiger partial charge in [0.15, 0.2) is 5.82 Å². The average molecular weight is 201 g/mol. The van der Waals surface area contributed by atoms with Crippen molar-refractivity contribution in [2.24, 2.45) is 0 Å². The van der Waals surface area contributed by atoms with E-state index in [0.717, 1.165) is 17.1 Å². The van der Waals surface area contributed by atoms with Crippen molar-refractivity contribution in [3.8, 4) is 11.4 Å². The first-order chi connectivity index (χ1) is 7.34. The van der Waals surface area contributed by atoms with Gasteiger partial charge in [-0.2, -0.15) is 0 Å². The molecule has 0 radical (unpaired) electrons. The van der Waals surface area contributed by atoms with Crippen molar-refractivity contribution in [1.29, 1.82) is 0 Å². The number of nitrogen functional groups attached to an aromatic ring is 1. The lowest BCUT2D eigenvalue weighted by molar-refractivity contribution is 0.615. The fraction of sp³-hybridized carbons (Fsp3) is 0.300. The van der Waals surface area contributed by atoms with Crippen LogP contribution in [0.1, 0.15) is 18.9 Å². The van der Waals surface area contributed by atoms with Crippen LogP contribution in [-0.2, 0) is 0 Å². The second-order valence-electron chi connectivity index (χ2n) is 3.80. The monoisotopic (exact) mass is 201 g/mol.